The Morgan fingerprint density at radius 2 is 0.552 bits per heavy atom. The second-order valence-corrected chi connectivity index (χ2v) is 31.9. The Balaban J connectivity index is 0.000000104. The number of rotatable bonds is 12. The molecular formula is C80H77Cl3N4O18. The van der Waals surface area contributed by atoms with E-state index in [9.17, 15) is 47.9 Å². The third kappa shape index (κ3) is 9.98. The minimum absolute atomic E-state index is 0.0737. The number of halogens is 3. The molecule has 4 aromatic carbocycles. The molecule has 24 atom stereocenters. The molecule has 12 aliphatic carbocycles. The second-order valence-electron chi connectivity index (χ2n) is 30.7. The van der Waals surface area contributed by atoms with Gasteiger partial charge in [-0.25, -0.2) is 29.2 Å². The molecular weight excluding hydrogens is 1410 g/mol. The normalized spacial score (nSPS) is 36.1. The summed E-state index contributed by atoms with van der Waals surface area (Å²) in [5.74, 6) is 4.36. The number of imide groups is 4. The summed E-state index contributed by atoms with van der Waals surface area (Å²) in [6.45, 7) is 0. The molecule has 0 radical (unpaired) electrons. The van der Waals surface area contributed by atoms with Crippen LogP contribution in [0.3, 0.4) is 0 Å². The van der Waals surface area contributed by atoms with Crippen molar-refractivity contribution in [2.75, 3.05) is 76.5 Å². The number of carbonyl (C=O) groups excluding carboxylic acids is 10. The van der Waals surface area contributed by atoms with Gasteiger partial charge in [0.15, 0.2) is 0 Å². The number of methoxy groups -OCH3 is 8. The van der Waals surface area contributed by atoms with Gasteiger partial charge in [0.05, 0.1) is 153 Å². The summed E-state index contributed by atoms with van der Waals surface area (Å²) in [6.07, 6.45) is 23.8. The Morgan fingerprint density at radius 1 is 0.295 bits per heavy atom. The van der Waals surface area contributed by atoms with Crippen LogP contribution in [0.2, 0.25) is 15.1 Å². The first kappa shape index (κ1) is 69.1. The maximum atomic E-state index is 13.5. The SMILES string of the molecule is COC(=O)c1cc(C(=O)OC)cc(N2C(=O)C3C4CC(C3C2=O)C2C3C=CC(C3)C42)c1.COc1cc(N2C(=O)C3C4C=CC(C4)C3C2=O)c(OC)cc1Cl.COc1cc(N2C(=O)C3C4CC(C3C2=O)C2C3C=CC(C3)C42)c(OC)cc1Cl.COc1cc(OC)c(N2C(=O)C3C4C=CC(C4)C3C2=O)cc1Cl. The van der Waals surface area contributed by atoms with Crippen LogP contribution in [-0.2, 0) is 47.8 Å². The van der Waals surface area contributed by atoms with Crippen LogP contribution in [0.25, 0.3) is 0 Å². The molecule has 8 saturated carbocycles. The number of allylic oxidation sites excluding steroid dienone is 8. The van der Waals surface area contributed by atoms with Gasteiger partial charge in [-0.2, -0.15) is 0 Å². The van der Waals surface area contributed by atoms with Gasteiger partial charge in [-0.05, 0) is 157 Å². The lowest BCUT2D eigenvalue weighted by Crippen LogP contribution is -2.38. The molecule has 12 fully saturated rings. The molecule has 4 aliphatic heterocycles. The van der Waals surface area contributed by atoms with Crippen molar-refractivity contribution < 1.29 is 85.8 Å². The smallest absolute Gasteiger partial charge is 0.337 e. The van der Waals surface area contributed by atoms with Crippen LogP contribution in [0, 0.1) is 142 Å². The quantitative estimate of drug-likeness (QED) is 0.0552. The van der Waals surface area contributed by atoms with Crippen molar-refractivity contribution in [3.05, 3.63) is 129 Å². The molecule has 22 nitrogen and oxygen atoms in total. The highest BCUT2D eigenvalue weighted by molar-refractivity contribution is 6.34. The minimum atomic E-state index is -0.649. The van der Waals surface area contributed by atoms with Crippen LogP contribution in [0.1, 0.15) is 59.2 Å². The number of hydrogen-bond donors (Lipinski definition) is 0. The van der Waals surface area contributed by atoms with E-state index in [-0.39, 0.29) is 147 Å². The Morgan fingerprint density at radius 3 is 0.867 bits per heavy atom. The van der Waals surface area contributed by atoms with Crippen LogP contribution >= 0.6 is 34.8 Å². The highest BCUT2D eigenvalue weighted by Gasteiger charge is 2.73. The van der Waals surface area contributed by atoms with Crippen LogP contribution < -0.4 is 48.0 Å². The van der Waals surface area contributed by atoms with Crippen molar-refractivity contribution in [1.29, 1.82) is 0 Å². The number of fused-ring (bicyclic) bond motifs is 34. The second kappa shape index (κ2) is 25.6. The van der Waals surface area contributed by atoms with E-state index in [1.54, 1.807) is 36.4 Å². The lowest BCUT2D eigenvalue weighted by atomic mass is 9.65. The van der Waals surface area contributed by atoms with E-state index in [2.05, 4.69) is 48.6 Å². The average molecular weight is 1490 g/mol. The molecule has 16 aliphatic rings. The number of carbonyl (C=O) groups is 10. The first-order valence-corrected chi connectivity index (χ1v) is 37.1. The largest absolute Gasteiger partial charge is 0.495 e. The zero-order valence-electron chi connectivity index (χ0n) is 58.7. The van der Waals surface area contributed by atoms with Gasteiger partial charge in [0.2, 0.25) is 47.3 Å². The number of esters is 2. The average Bonchev–Trinajstić information content (AvgIpc) is 1.27. The molecule has 105 heavy (non-hydrogen) atoms. The van der Waals surface area contributed by atoms with Crippen LogP contribution in [0.5, 0.6) is 34.5 Å². The van der Waals surface area contributed by atoms with Crippen molar-refractivity contribution >= 4 is 117 Å². The highest BCUT2D eigenvalue weighted by atomic mass is 35.5. The Kier molecular flexibility index (Phi) is 16.9. The predicted octanol–water partition coefficient (Wildman–Crippen LogP) is 11.3. The Labute approximate surface area is 620 Å². The number of anilines is 4. The maximum Gasteiger partial charge on any atom is 0.337 e. The fourth-order valence-corrected chi connectivity index (χ4v) is 24.0. The number of benzene rings is 4. The van der Waals surface area contributed by atoms with Crippen LogP contribution in [0.15, 0.2) is 103 Å². The van der Waals surface area contributed by atoms with Gasteiger partial charge in [-0.15, -0.1) is 0 Å². The fraction of sp³-hybridized carbons (Fsp3) is 0.475. The van der Waals surface area contributed by atoms with E-state index in [4.69, 9.17) is 72.7 Å². The molecule has 12 bridgehead atoms. The van der Waals surface area contributed by atoms with Gasteiger partial charge in [0, 0.05) is 30.3 Å². The number of amides is 8. The third-order valence-electron chi connectivity index (χ3n) is 26.9. The number of ether oxygens (including phenoxy) is 8. The summed E-state index contributed by atoms with van der Waals surface area (Å²) in [4.78, 5) is 135. The molecule has 0 aromatic heterocycles. The summed E-state index contributed by atoms with van der Waals surface area (Å²) in [5.41, 5.74) is 1.66. The van der Waals surface area contributed by atoms with Crippen LogP contribution in [0.4, 0.5) is 22.7 Å². The first-order valence-electron chi connectivity index (χ1n) is 35.9. The molecule has 546 valence electrons. The molecule has 24 unspecified atom stereocenters. The van der Waals surface area contributed by atoms with E-state index >= 15 is 0 Å². The monoisotopic (exact) mass is 1490 g/mol. The first-order chi connectivity index (χ1) is 50.6. The van der Waals surface area contributed by atoms with Crippen molar-refractivity contribution in [1.82, 2.24) is 0 Å². The third-order valence-corrected chi connectivity index (χ3v) is 27.8. The van der Waals surface area contributed by atoms with Crippen molar-refractivity contribution in [2.45, 2.75) is 38.5 Å². The Hall–Kier alpha value is -8.99. The molecule has 4 aromatic rings. The van der Waals surface area contributed by atoms with Crippen molar-refractivity contribution in [3.8, 4) is 34.5 Å². The molecule has 8 amide bonds. The Bertz CT molecular complexity index is 4470. The van der Waals surface area contributed by atoms with E-state index in [0.717, 1.165) is 32.1 Å². The van der Waals surface area contributed by atoms with Gasteiger partial charge < -0.3 is 37.9 Å². The van der Waals surface area contributed by atoms with E-state index in [0.29, 0.717) is 126 Å². The summed E-state index contributed by atoms with van der Waals surface area (Å²) < 4.78 is 41.4. The summed E-state index contributed by atoms with van der Waals surface area (Å²) in [7, 11) is 11.5. The zero-order chi connectivity index (χ0) is 73.5. The fourth-order valence-electron chi connectivity index (χ4n) is 23.3. The summed E-state index contributed by atoms with van der Waals surface area (Å²) in [6, 6.07) is 13.8. The number of hydrogen-bond acceptors (Lipinski definition) is 18. The van der Waals surface area contributed by atoms with E-state index in [1.165, 1.54) is 101 Å². The molecule has 20 rings (SSSR count). The molecule has 4 saturated heterocycles. The summed E-state index contributed by atoms with van der Waals surface area (Å²) >= 11 is 18.5. The predicted molar refractivity (Wildman–Crippen MR) is 381 cm³/mol. The topological polar surface area (TPSA) is 257 Å². The van der Waals surface area contributed by atoms with Gasteiger partial charge in [0.25, 0.3) is 0 Å². The highest BCUT2D eigenvalue weighted by Crippen LogP contribution is 2.72. The lowest BCUT2D eigenvalue weighted by Gasteiger charge is -2.36. The van der Waals surface area contributed by atoms with Crippen molar-refractivity contribution in [2.24, 2.45) is 142 Å². The zero-order valence-corrected chi connectivity index (χ0v) is 61.0. The van der Waals surface area contributed by atoms with Crippen LogP contribution in [-0.4, -0.2) is 116 Å². The summed E-state index contributed by atoms with van der Waals surface area (Å²) in [5, 5.41) is 1.09. The van der Waals surface area contributed by atoms with E-state index < -0.39 is 11.9 Å². The molecule has 25 heteroatoms. The van der Waals surface area contributed by atoms with E-state index in [1.807, 2.05) is 0 Å². The van der Waals surface area contributed by atoms with Gasteiger partial charge in [-0.3, -0.25) is 38.4 Å². The molecule has 0 N–H and O–H groups in total. The molecule has 0 spiro atoms. The maximum absolute atomic E-state index is 13.5. The molecule has 4 heterocycles. The lowest BCUT2D eigenvalue weighted by molar-refractivity contribution is -0.125. The van der Waals surface area contributed by atoms with Gasteiger partial charge >= 0.3 is 11.9 Å². The standard InChI is InChI=1S/C24H23NO6.C22H22ClNO4.2C17H16ClNO4/c1-30-23(28)12-6-13(24(29)31-2)8-14(7-12)25-21(26)19-15-9-16(20(19)22(25)27)18-11-4-3-10(5-11)17(15)18;1-27-15-8-14(16(28-2)7-13(15)23)24-21(25)19-11-6-12(20(19)22(24)26)18-10-4-3-9(5-10)17(11)18;1-22-12-7-11(13(23-2)6-10(12)18)19-16(20)14-8-3-4-9(5-8)15(14)17(19)21;1-22-12-7-13(23-2)11(6-10(12)18)19-16(20)14-8-3-4-9(5-8)15(14)17(19)21/h3-4,6-8,10-11,15-20H,5,9H2,1-2H3;3-4,7-12,17-20H,5-6H2,1-2H3;2*3-4,6-9,14-15H,5H2,1-2H3. The minimum Gasteiger partial charge on any atom is -0.495 e. The van der Waals surface area contributed by atoms with Gasteiger partial charge in [0.1, 0.15) is 34.5 Å². The van der Waals surface area contributed by atoms with Crippen molar-refractivity contribution in [3.63, 3.8) is 0 Å². The number of nitrogens with zero attached hydrogens (tertiary/aromatic N) is 4. The van der Waals surface area contributed by atoms with Gasteiger partial charge in [-0.1, -0.05) is 83.4 Å².